The van der Waals surface area contributed by atoms with E-state index in [-0.39, 0.29) is 17.5 Å². The fraction of sp³-hybridized carbons (Fsp3) is 0.500. The van der Waals surface area contributed by atoms with Gasteiger partial charge in [0, 0.05) is 6.20 Å². The summed E-state index contributed by atoms with van der Waals surface area (Å²) < 4.78 is 0. The Morgan fingerprint density at radius 1 is 1.53 bits per heavy atom. The third kappa shape index (κ3) is 2.39. The Morgan fingerprint density at radius 3 is 2.94 bits per heavy atom. The van der Waals surface area contributed by atoms with Crippen LogP contribution in [0.1, 0.15) is 35.3 Å². The van der Waals surface area contributed by atoms with E-state index in [1.807, 2.05) is 0 Å². The summed E-state index contributed by atoms with van der Waals surface area (Å²) in [4.78, 5) is 15.7. The number of nitrogens with one attached hydrogen (secondary N) is 1. The maximum Gasteiger partial charge on any atom is 0.274 e. The van der Waals surface area contributed by atoms with E-state index < -0.39 is 12.0 Å². The molecule has 1 saturated carbocycles. The zero-order chi connectivity index (χ0) is 12.4. The fourth-order valence-corrected chi connectivity index (χ4v) is 2.06. The molecule has 0 saturated heterocycles. The number of nitrogens with zero attached hydrogens (tertiary/aromatic N) is 1. The Morgan fingerprint density at radius 2 is 2.29 bits per heavy atom. The first-order valence-corrected chi connectivity index (χ1v) is 5.73. The highest BCUT2D eigenvalue weighted by molar-refractivity contribution is 5.95. The first kappa shape index (κ1) is 11.9. The van der Waals surface area contributed by atoms with Gasteiger partial charge in [-0.1, -0.05) is 0 Å². The number of aryl methyl sites for hydroxylation is 1. The third-order valence-electron chi connectivity index (χ3n) is 3.14. The molecule has 0 spiro atoms. The largest absolute Gasteiger partial charge is 0.505 e. The summed E-state index contributed by atoms with van der Waals surface area (Å²) in [5.41, 5.74) is 0.626. The van der Waals surface area contributed by atoms with Gasteiger partial charge >= 0.3 is 0 Å². The van der Waals surface area contributed by atoms with Crippen LogP contribution in [0.4, 0.5) is 0 Å². The van der Waals surface area contributed by atoms with Crippen molar-refractivity contribution in [2.75, 3.05) is 0 Å². The lowest BCUT2D eigenvalue weighted by atomic mass is 10.2. The molecule has 0 bridgehead atoms. The van der Waals surface area contributed by atoms with Crippen LogP contribution in [-0.4, -0.2) is 33.3 Å². The quantitative estimate of drug-likeness (QED) is 0.707. The highest BCUT2D eigenvalue weighted by atomic mass is 16.3. The van der Waals surface area contributed by atoms with Crippen molar-refractivity contribution in [1.82, 2.24) is 10.3 Å². The normalized spacial score (nSPS) is 23.6. The molecule has 2 unspecified atom stereocenters. The number of pyridine rings is 1. The van der Waals surface area contributed by atoms with Crippen LogP contribution in [0.2, 0.25) is 0 Å². The van der Waals surface area contributed by atoms with Crippen LogP contribution in [-0.2, 0) is 0 Å². The van der Waals surface area contributed by atoms with E-state index >= 15 is 0 Å². The van der Waals surface area contributed by atoms with Gasteiger partial charge in [0.05, 0.1) is 12.1 Å². The topological polar surface area (TPSA) is 82.5 Å². The summed E-state index contributed by atoms with van der Waals surface area (Å²) in [6.07, 6.45) is 3.36. The lowest BCUT2D eigenvalue weighted by Crippen LogP contribution is -2.40. The molecule has 1 heterocycles. The zero-order valence-electron chi connectivity index (χ0n) is 9.68. The molecular formula is C12H16N2O3. The van der Waals surface area contributed by atoms with Crippen LogP contribution < -0.4 is 5.32 Å². The van der Waals surface area contributed by atoms with Crippen molar-refractivity contribution in [2.45, 2.75) is 38.3 Å². The number of hydrogen-bond donors (Lipinski definition) is 3. The first-order chi connectivity index (χ1) is 8.09. The van der Waals surface area contributed by atoms with Gasteiger partial charge in [-0.3, -0.25) is 4.79 Å². The van der Waals surface area contributed by atoms with Crippen molar-refractivity contribution in [2.24, 2.45) is 0 Å². The van der Waals surface area contributed by atoms with Gasteiger partial charge in [-0.25, -0.2) is 4.98 Å². The summed E-state index contributed by atoms with van der Waals surface area (Å²) in [6.45, 7) is 1.71. The zero-order valence-corrected chi connectivity index (χ0v) is 9.68. The number of aromatic nitrogens is 1. The monoisotopic (exact) mass is 236 g/mol. The van der Waals surface area contributed by atoms with Crippen LogP contribution in [0.25, 0.3) is 0 Å². The van der Waals surface area contributed by atoms with Crippen LogP contribution in [0, 0.1) is 6.92 Å². The average molecular weight is 236 g/mol. The molecule has 92 valence electrons. The molecule has 1 aromatic heterocycles. The van der Waals surface area contributed by atoms with E-state index in [1.54, 1.807) is 13.0 Å². The van der Waals surface area contributed by atoms with Gasteiger partial charge in [0.2, 0.25) is 0 Å². The van der Waals surface area contributed by atoms with E-state index in [2.05, 4.69) is 10.3 Å². The minimum absolute atomic E-state index is 0.0177. The van der Waals surface area contributed by atoms with Gasteiger partial charge in [0.15, 0.2) is 5.69 Å². The minimum atomic E-state index is -0.495. The molecule has 5 nitrogen and oxygen atoms in total. The summed E-state index contributed by atoms with van der Waals surface area (Å²) in [5, 5.41) is 22.0. The van der Waals surface area contributed by atoms with Gasteiger partial charge < -0.3 is 15.5 Å². The number of carbonyl (C=O) groups excluding carboxylic acids is 1. The SMILES string of the molecule is Cc1ccnc(C(=O)NC2CCCC2O)c1O. The van der Waals surface area contributed by atoms with Gasteiger partial charge in [-0.05, 0) is 37.8 Å². The number of carbonyl (C=O) groups is 1. The molecule has 1 fully saturated rings. The molecule has 0 aliphatic heterocycles. The van der Waals surface area contributed by atoms with Crippen molar-refractivity contribution >= 4 is 5.91 Å². The second-order valence-electron chi connectivity index (χ2n) is 4.40. The number of hydrogen-bond acceptors (Lipinski definition) is 4. The molecule has 0 radical (unpaired) electrons. The van der Waals surface area contributed by atoms with E-state index in [0.29, 0.717) is 12.0 Å². The summed E-state index contributed by atoms with van der Waals surface area (Å²) in [5.74, 6) is -0.533. The first-order valence-electron chi connectivity index (χ1n) is 5.73. The van der Waals surface area contributed by atoms with E-state index in [9.17, 15) is 15.0 Å². The number of aliphatic hydroxyl groups excluding tert-OH is 1. The van der Waals surface area contributed by atoms with E-state index in [4.69, 9.17) is 0 Å². The Bertz CT molecular complexity index is 434. The lowest BCUT2D eigenvalue weighted by Gasteiger charge is -2.16. The number of rotatable bonds is 2. The smallest absolute Gasteiger partial charge is 0.274 e. The van der Waals surface area contributed by atoms with E-state index in [1.165, 1.54) is 6.20 Å². The summed E-state index contributed by atoms with van der Waals surface area (Å²) in [6, 6.07) is 1.40. The Kier molecular flexibility index (Phi) is 3.28. The summed E-state index contributed by atoms with van der Waals surface area (Å²) >= 11 is 0. The van der Waals surface area contributed by atoms with Gasteiger partial charge in [-0.2, -0.15) is 0 Å². The Hall–Kier alpha value is -1.62. The molecule has 0 aromatic carbocycles. The van der Waals surface area contributed by atoms with Crippen molar-refractivity contribution in [1.29, 1.82) is 0 Å². The molecule has 5 heteroatoms. The predicted molar refractivity (Wildman–Crippen MR) is 61.8 cm³/mol. The maximum absolute atomic E-state index is 11.9. The summed E-state index contributed by atoms with van der Waals surface area (Å²) in [7, 11) is 0. The number of aromatic hydroxyl groups is 1. The highest BCUT2D eigenvalue weighted by Crippen LogP contribution is 2.22. The van der Waals surface area contributed by atoms with Crippen molar-refractivity contribution < 1.29 is 15.0 Å². The lowest BCUT2D eigenvalue weighted by molar-refractivity contribution is 0.0865. The number of aliphatic hydroxyl groups is 1. The molecule has 1 aliphatic rings. The molecule has 2 atom stereocenters. The Labute approximate surface area is 99.5 Å². The molecule has 1 aliphatic carbocycles. The number of amides is 1. The predicted octanol–water partition coefficient (Wildman–Crippen LogP) is 0.739. The van der Waals surface area contributed by atoms with Crippen molar-refractivity contribution in [3.05, 3.63) is 23.5 Å². The van der Waals surface area contributed by atoms with Crippen LogP contribution in [0.3, 0.4) is 0 Å². The van der Waals surface area contributed by atoms with Gasteiger partial charge in [0.1, 0.15) is 5.75 Å². The second-order valence-corrected chi connectivity index (χ2v) is 4.40. The average Bonchev–Trinajstić information content (AvgIpc) is 2.68. The van der Waals surface area contributed by atoms with Crippen LogP contribution in [0.15, 0.2) is 12.3 Å². The highest BCUT2D eigenvalue weighted by Gasteiger charge is 2.28. The molecular weight excluding hydrogens is 220 g/mol. The second kappa shape index (κ2) is 4.71. The standard InChI is InChI=1S/C12H16N2O3/c1-7-5-6-13-10(11(7)16)12(17)14-8-3-2-4-9(8)15/h5-6,8-9,15-16H,2-4H2,1H3,(H,14,17). The molecule has 17 heavy (non-hydrogen) atoms. The maximum atomic E-state index is 11.9. The molecule has 1 amide bonds. The molecule has 1 aromatic rings. The van der Waals surface area contributed by atoms with Crippen molar-refractivity contribution in [3.63, 3.8) is 0 Å². The van der Waals surface area contributed by atoms with Crippen LogP contribution in [0.5, 0.6) is 5.75 Å². The minimum Gasteiger partial charge on any atom is -0.505 e. The van der Waals surface area contributed by atoms with E-state index in [0.717, 1.165) is 12.8 Å². The fourth-order valence-electron chi connectivity index (χ4n) is 2.06. The Balaban J connectivity index is 2.12. The van der Waals surface area contributed by atoms with Crippen LogP contribution >= 0.6 is 0 Å². The van der Waals surface area contributed by atoms with Gasteiger partial charge in [-0.15, -0.1) is 0 Å². The van der Waals surface area contributed by atoms with Gasteiger partial charge in [0.25, 0.3) is 5.91 Å². The van der Waals surface area contributed by atoms with Crippen molar-refractivity contribution in [3.8, 4) is 5.75 Å². The molecule has 3 N–H and O–H groups in total. The third-order valence-corrected chi connectivity index (χ3v) is 3.14. The molecule has 2 rings (SSSR count).